The molecule has 8 nitrogen and oxygen atoms in total. The van der Waals surface area contributed by atoms with Gasteiger partial charge in [-0.15, -0.1) is 0 Å². The molecule has 0 spiro atoms. The van der Waals surface area contributed by atoms with Gasteiger partial charge in [-0.2, -0.15) is 0 Å². The van der Waals surface area contributed by atoms with Crippen molar-refractivity contribution >= 4 is 22.1 Å². The summed E-state index contributed by atoms with van der Waals surface area (Å²) >= 11 is 0. The summed E-state index contributed by atoms with van der Waals surface area (Å²) in [5.74, 6) is 0. The fraction of sp³-hybridized carbons (Fsp3) is 0.172. The molecule has 0 amide bonds. The van der Waals surface area contributed by atoms with Crippen LogP contribution >= 0.6 is 0 Å². The van der Waals surface area contributed by atoms with E-state index in [1.807, 2.05) is 108 Å². The summed E-state index contributed by atoms with van der Waals surface area (Å²) in [4.78, 5) is 36.2. The van der Waals surface area contributed by atoms with E-state index in [-0.39, 0.29) is 11.1 Å². The first-order chi connectivity index (χ1) is 18.0. The monoisotopic (exact) mass is 490 g/mol. The van der Waals surface area contributed by atoms with Crippen molar-refractivity contribution in [2.75, 3.05) is 0 Å². The molecule has 0 saturated carbocycles. The predicted octanol–water partition coefficient (Wildman–Crippen LogP) is 4.39. The molecule has 0 aliphatic heterocycles. The zero-order chi connectivity index (χ0) is 25.5. The van der Waals surface area contributed by atoms with Gasteiger partial charge in [-0.3, -0.25) is 19.0 Å². The SMILES string of the molecule is Cc1ccc2c(=O)n(-c3ccccc3)n(CCCn3c4nc(C)ccc4c(=O)n3-c3ccccc3)c2n1. The van der Waals surface area contributed by atoms with Gasteiger partial charge in [0.05, 0.1) is 22.1 Å². The van der Waals surface area contributed by atoms with Gasteiger partial charge in [-0.05, 0) is 68.8 Å². The van der Waals surface area contributed by atoms with Gasteiger partial charge in [-0.1, -0.05) is 36.4 Å². The number of pyridine rings is 2. The van der Waals surface area contributed by atoms with Crippen molar-refractivity contribution in [1.82, 2.24) is 28.7 Å². The van der Waals surface area contributed by atoms with Gasteiger partial charge in [0.1, 0.15) is 0 Å². The van der Waals surface area contributed by atoms with E-state index in [4.69, 9.17) is 9.97 Å². The van der Waals surface area contributed by atoms with Crippen molar-refractivity contribution in [1.29, 1.82) is 0 Å². The van der Waals surface area contributed by atoms with Crippen molar-refractivity contribution < 1.29 is 0 Å². The van der Waals surface area contributed by atoms with Gasteiger partial charge < -0.3 is 0 Å². The predicted molar refractivity (Wildman–Crippen MR) is 145 cm³/mol. The van der Waals surface area contributed by atoms with E-state index < -0.39 is 0 Å². The summed E-state index contributed by atoms with van der Waals surface area (Å²) in [5.41, 5.74) is 4.38. The Morgan fingerprint density at radius 1 is 0.568 bits per heavy atom. The van der Waals surface area contributed by atoms with E-state index in [1.165, 1.54) is 0 Å². The first kappa shape index (κ1) is 22.7. The smallest absolute Gasteiger partial charge is 0.267 e. The molecule has 0 unspecified atom stereocenters. The van der Waals surface area contributed by atoms with Gasteiger partial charge >= 0.3 is 0 Å². The lowest BCUT2D eigenvalue weighted by Gasteiger charge is -2.15. The maximum absolute atomic E-state index is 13.4. The highest BCUT2D eigenvalue weighted by Crippen LogP contribution is 2.18. The Labute approximate surface area is 212 Å². The molecule has 0 radical (unpaired) electrons. The van der Waals surface area contributed by atoms with Crippen molar-refractivity contribution in [3.05, 3.63) is 117 Å². The zero-order valence-electron chi connectivity index (χ0n) is 20.7. The van der Waals surface area contributed by atoms with Crippen LogP contribution in [0.25, 0.3) is 33.4 Å². The molecule has 0 bridgehead atoms. The first-order valence-corrected chi connectivity index (χ1v) is 12.3. The lowest BCUT2D eigenvalue weighted by atomic mass is 10.3. The minimum absolute atomic E-state index is 0.0985. The number of benzene rings is 2. The second-order valence-corrected chi connectivity index (χ2v) is 9.15. The number of aromatic nitrogens is 6. The molecular formula is C29H26N6O2. The van der Waals surface area contributed by atoms with Crippen LogP contribution in [0.4, 0.5) is 0 Å². The maximum atomic E-state index is 13.4. The molecule has 6 rings (SSSR count). The topological polar surface area (TPSA) is 79.6 Å². The van der Waals surface area contributed by atoms with Crippen LogP contribution in [0.1, 0.15) is 17.8 Å². The van der Waals surface area contributed by atoms with Gasteiger partial charge in [-0.25, -0.2) is 19.3 Å². The number of aryl methyl sites for hydroxylation is 4. The summed E-state index contributed by atoms with van der Waals surface area (Å²) < 4.78 is 7.26. The molecule has 2 aromatic carbocycles. The lowest BCUT2D eigenvalue weighted by molar-refractivity contribution is 0.463. The van der Waals surface area contributed by atoms with Crippen LogP contribution < -0.4 is 11.1 Å². The number of fused-ring (bicyclic) bond motifs is 2. The zero-order valence-corrected chi connectivity index (χ0v) is 20.7. The average Bonchev–Trinajstić information content (AvgIpc) is 3.34. The number of hydrogen-bond donors (Lipinski definition) is 0. The third-order valence-corrected chi connectivity index (χ3v) is 6.59. The van der Waals surface area contributed by atoms with Crippen molar-refractivity contribution in [3.63, 3.8) is 0 Å². The molecule has 184 valence electrons. The summed E-state index contributed by atoms with van der Waals surface area (Å²) in [6.07, 6.45) is 0.650. The molecule has 0 aliphatic rings. The number of rotatable bonds is 6. The third kappa shape index (κ3) is 3.87. The van der Waals surface area contributed by atoms with Gasteiger partial charge in [0.25, 0.3) is 11.1 Å². The van der Waals surface area contributed by atoms with Crippen LogP contribution in [-0.2, 0) is 13.1 Å². The maximum Gasteiger partial charge on any atom is 0.280 e. The lowest BCUT2D eigenvalue weighted by Crippen LogP contribution is -2.24. The average molecular weight is 491 g/mol. The highest BCUT2D eigenvalue weighted by molar-refractivity contribution is 5.76. The molecular weight excluding hydrogens is 464 g/mol. The minimum atomic E-state index is -0.0985. The summed E-state index contributed by atoms with van der Waals surface area (Å²) in [6.45, 7) is 4.90. The van der Waals surface area contributed by atoms with E-state index in [1.54, 1.807) is 9.36 Å². The number of hydrogen-bond acceptors (Lipinski definition) is 4. The number of para-hydroxylation sites is 2. The molecule has 4 aromatic heterocycles. The Balaban J connectivity index is 1.44. The molecule has 0 saturated heterocycles. The standard InChI is InChI=1S/C29H26N6O2/c1-20-14-16-24-26(30-20)32(34(28(24)36)22-10-5-3-6-11-22)18-9-19-33-27-25(17-15-21(2)31-27)29(37)35(33)23-12-7-4-8-13-23/h3-8,10-17H,9,18-19H2,1-2H3. The van der Waals surface area contributed by atoms with E-state index in [0.29, 0.717) is 41.6 Å². The molecule has 0 fully saturated rings. The van der Waals surface area contributed by atoms with E-state index in [2.05, 4.69) is 0 Å². The van der Waals surface area contributed by atoms with Crippen molar-refractivity contribution in [3.8, 4) is 11.4 Å². The summed E-state index contributed by atoms with van der Waals surface area (Å²) in [7, 11) is 0. The molecule has 4 heterocycles. The number of nitrogens with zero attached hydrogens (tertiary/aromatic N) is 6. The summed E-state index contributed by atoms with van der Waals surface area (Å²) in [5, 5.41) is 1.17. The van der Waals surface area contributed by atoms with E-state index >= 15 is 0 Å². The Kier molecular flexibility index (Phi) is 5.56. The van der Waals surface area contributed by atoms with Crippen LogP contribution in [0.5, 0.6) is 0 Å². The molecule has 37 heavy (non-hydrogen) atoms. The fourth-order valence-corrected chi connectivity index (χ4v) is 4.88. The van der Waals surface area contributed by atoms with Crippen LogP contribution in [-0.4, -0.2) is 28.7 Å². The Hall–Kier alpha value is -4.72. The Bertz CT molecular complexity index is 1720. The van der Waals surface area contributed by atoms with Crippen LogP contribution in [0.3, 0.4) is 0 Å². The molecule has 0 N–H and O–H groups in total. The van der Waals surface area contributed by atoms with Crippen molar-refractivity contribution in [2.45, 2.75) is 33.4 Å². The largest absolute Gasteiger partial charge is 0.280 e. The minimum Gasteiger partial charge on any atom is -0.267 e. The quantitative estimate of drug-likeness (QED) is 0.347. The van der Waals surface area contributed by atoms with E-state index in [0.717, 1.165) is 22.8 Å². The molecule has 0 aliphatic carbocycles. The molecule has 0 atom stereocenters. The third-order valence-electron chi connectivity index (χ3n) is 6.59. The van der Waals surface area contributed by atoms with E-state index in [9.17, 15) is 9.59 Å². The highest BCUT2D eigenvalue weighted by Gasteiger charge is 2.18. The van der Waals surface area contributed by atoms with Gasteiger partial charge in [0.2, 0.25) is 0 Å². The van der Waals surface area contributed by atoms with Crippen LogP contribution in [0.2, 0.25) is 0 Å². The highest BCUT2D eigenvalue weighted by atomic mass is 16.1. The van der Waals surface area contributed by atoms with Gasteiger partial charge in [0, 0.05) is 24.5 Å². The Morgan fingerprint density at radius 2 is 0.973 bits per heavy atom. The van der Waals surface area contributed by atoms with Crippen LogP contribution in [0.15, 0.2) is 94.5 Å². The fourth-order valence-electron chi connectivity index (χ4n) is 4.88. The molecule has 8 heteroatoms. The van der Waals surface area contributed by atoms with Crippen molar-refractivity contribution in [2.24, 2.45) is 0 Å². The normalized spacial score (nSPS) is 11.5. The second-order valence-electron chi connectivity index (χ2n) is 9.15. The second kappa shape index (κ2) is 9.05. The van der Waals surface area contributed by atoms with Gasteiger partial charge in [0.15, 0.2) is 11.3 Å². The summed E-state index contributed by atoms with van der Waals surface area (Å²) in [6, 6.07) is 26.6. The molecule has 6 aromatic rings. The van der Waals surface area contributed by atoms with Crippen LogP contribution in [0, 0.1) is 13.8 Å². The Morgan fingerprint density at radius 3 is 1.38 bits per heavy atom. The first-order valence-electron chi connectivity index (χ1n) is 12.3.